The molecule has 2 aliphatic heterocycles. The van der Waals surface area contributed by atoms with Crippen LogP contribution in [-0.4, -0.2) is 66.2 Å². The van der Waals surface area contributed by atoms with Crippen LogP contribution < -0.4 is 5.32 Å². The highest BCUT2D eigenvalue weighted by atomic mass is 35.5. The molecule has 4 rings (SSSR count). The highest BCUT2D eigenvalue weighted by molar-refractivity contribution is 6.30. The Morgan fingerprint density at radius 1 is 1.24 bits per heavy atom. The maximum Gasteiger partial charge on any atom is 0.276 e. The first-order chi connectivity index (χ1) is 12.2. The summed E-state index contributed by atoms with van der Waals surface area (Å²) in [5.74, 6) is 0.498. The van der Waals surface area contributed by atoms with Gasteiger partial charge in [0.25, 0.3) is 5.91 Å². The molecule has 1 aromatic carbocycles. The van der Waals surface area contributed by atoms with Crippen LogP contribution in [0.5, 0.6) is 0 Å². The van der Waals surface area contributed by atoms with Crippen LogP contribution in [-0.2, 0) is 0 Å². The second kappa shape index (κ2) is 7.15. The molecule has 25 heavy (non-hydrogen) atoms. The van der Waals surface area contributed by atoms with Crippen LogP contribution in [0, 0.1) is 0 Å². The molecule has 132 valence electrons. The summed E-state index contributed by atoms with van der Waals surface area (Å²) >= 11 is 6.01. The van der Waals surface area contributed by atoms with E-state index < -0.39 is 0 Å². The molecular formula is C18H21ClN4O2. The number of carbonyl (C=O) groups is 1. The first-order valence-electron chi connectivity index (χ1n) is 8.67. The van der Waals surface area contributed by atoms with Crippen molar-refractivity contribution >= 4 is 17.5 Å². The zero-order valence-corrected chi connectivity index (χ0v) is 14.7. The Labute approximate surface area is 151 Å². The summed E-state index contributed by atoms with van der Waals surface area (Å²) in [5, 5.41) is 7.96. The molecule has 0 radical (unpaired) electrons. The summed E-state index contributed by atoms with van der Waals surface area (Å²) in [6.07, 6.45) is 1.02. The van der Waals surface area contributed by atoms with Gasteiger partial charge in [0, 0.05) is 62.0 Å². The van der Waals surface area contributed by atoms with Gasteiger partial charge in [0.2, 0.25) is 0 Å². The van der Waals surface area contributed by atoms with Gasteiger partial charge >= 0.3 is 0 Å². The highest BCUT2D eigenvalue weighted by Gasteiger charge is 2.32. The fraction of sp³-hybridized carbons (Fsp3) is 0.444. The third-order valence-corrected chi connectivity index (χ3v) is 5.19. The van der Waals surface area contributed by atoms with Crippen LogP contribution in [0.25, 0.3) is 11.3 Å². The Morgan fingerprint density at radius 2 is 2.08 bits per heavy atom. The molecule has 1 unspecified atom stereocenters. The van der Waals surface area contributed by atoms with E-state index >= 15 is 0 Å². The molecule has 0 aliphatic carbocycles. The van der Waals surface area contributed by atoms with Crippen molar-refractivity contribution in [3.05, 3.63) is 41.0 Å². The largest absolute Gasteiger partial charge is 0.355 e. The number of carbonyl (C=O) groups excluding carboxylic acids is 1. The van der Waals surface area contributed by atoms with E-state index in [2.05, 4.69) is 15.4 Å². The third kappa shape index (κ3) is 3.56. The van der Waals surface area contributed by atoms with Crippen LogP contribution in [0.2, 0.25) is 5.02 Å². The van der Waals surface area contributed by atoms with E-state index in [1.807, 2.05) is 17.0 Å². The Hall–Kier alpha value is -1.89. The van der Waals surface area contributed by atoms with Crippen molar-refractivity contribution in [3.63, 3.8) is 0 Å². The topological polar surface area (TPSA) is 61.6 Å². The fourth-order valence-electron chi connectivity index (χ4n) is 3.59. The lowest BCUT2D eigenvalue weighted by Gasteiger charge is -2.32. The second-order valence-electron chi connectivity index (χ2n) is 6.57. The molecule has 7 heteroatoms. The van der Waals surface area contributed by atoms with Crippen molar-refractivity contribution in [1.29, 1.82) is 0 Å². The molecule has 1 aromatic heterocycles. The summed E-state index contributed by atoms with van der Waals surface area (Å²) in [5.41, 5.74) is 1.18. The predicted molar refractivity (Wildman–Crippen MR) is 95.7 cm³/mol. The molecule has 2 aliphatic rings. The number of benzene rings is 1. The van der Waals surface area contributed by atoms with E-state index in [1.54, 1.807) is 18.2 Å². The minimum Gasteiger partial charge on any atom is -0.355 e. The molecule has 0 saturated carbocycles. The van der Waals surface area contributed by atoms with Gasteiger partial charge in [-0.15, -0.1) is 0 Å². The molecule has 1 N–H and O–H groups in total. The van der Waals surface area contributed by atoms with Crippen molar-refractivity contribution in [3.8, 4) is 11.3 Å². The van der Waals surface area contributed by atoms with Gasteiger partial charge in [0.15, 0.2) is 11.5 Å². The number of amides is 1. The third-order valence-electron chi connectivity index (χ3n) is 4.96. The Balaban J connectivity index is 1.43. The second-order valence-corrected chi connectivity index (χ2v) is 7.00. The molecule has 2 aromatic rings. The van der Waals surface area contributed by atoms with Gasteiger partial charge in [-0.2, -0.15) is 0 Å². The van der Waals surface area contributed by atoms with E-state index in [-0.39, 0.29) is 5.91 Å². The minimum atomic E-state index is -0.0605. The molecule has 2 saturated heterocycles. The molecule has 0 bridgehead atoms. The number of nitrogens with one attached hydrogen (secondary N) is 1. The monoisotopic (exact) mass is 360 g/mol. The van der Waals surface area contributed by atoms with E-state index in [4.69, 9.17) is 16.1 Å². The number of aromatic nitrogens is 1. The number of nitrogens with zero attached hydrogens (tertiary/aromatic N) is 3. The van der Waals surface area contributed by atoms with Gasteiger partial charge < -0.3 is 14.7 Å². The number of likely N-dealkylation sites (tertiary alicyclic amines) is 1. The average Bonchev–Trinajstić information content (AvgIpc) is 3.32. The van der Waals surface area contributed by atoms with Gasteiger partial charge in [-0.25, -0.2) is 0 Å². The molecule has 0 spiro atoms. The van der Waals surface area contributed by atoms with Crippen LogP contribution in [0.3, 0.4) is 0 Å². The zero-order chi connectivity index (χ0) is 17.2. The van der Waals surface area contributed by atoms with Crippen molar-refractivity contribution in [2.75, 3.05) is 39.3 Å². The van der Waals surface area contributed by atoms with Gasteiger partial charge in [-0.1, -0.05) is 28.9 Å². The van der Waals surface area contributed by atoms with E-state index in [9.17, 15) is 4.79 Å². The van der Waals surface area contributed by atoms with Gasteiger partial charge in [-0.05, 0) is 18.6 Å². The Bertz CT molecular complexity index is 757. The molecule has 1 atom stereocenters. The van der Waals surface area contributed by atoms with Gasteiger partial charge in [-0.3, -0.25) is 9.69 Å². The van der Waals surface area contributed by atoms with E-state index in [0.29, 0.717) is 22.5 Å². The number of hydrogen-bond donors (Lipinski definition) is 1. The first kappa shape index (κ1) is 16.6. The van der Waals surface area contributed by atoms with Crippen LogP contribution >= 0.6 is 11.6 Å². The van der Waals surface area contributed by atoms with Crippen molar-refractivity contribution < 1.29 is 9.32 Å². The molecule has 6 nitrogen and oxygen atoms in total. The van der Waals surface area contributed by atoms with E-state index in [0.717, 1.165) is 51.3 Å². The number of rotatable bonds is 3. The van der Waals surface area contributed by atoms with Gasteiger partial charge in [0.1, 0.15) is 0 Å². The molecule has 3 heterocycles. The quantitative estimate of drug-likeness (QED) is 0.908. The SMILES string of the molecule is O=C(c1cc(-c2cccc(Cl)c2)on1)N1CCC(N2CCNCC2)C1. The lowest BCUT2D eigenvalue weighted by Crippen LogP contribution is -2.49. The fourth-order valence-corrected chi connectivity index (χ4v) is 3.78. The summed E-state index contributed by atoms with van der Waals surface area (Å²) in [6.45, 7) is 5.68. The summed E-state index contributed by atoms with van der Waals surface area (Å²) in [6, 6.07) is 9.48. The lowest BCUT2D eigenvalue weighted by molar-refractivity contribution is 0.0763. The summed E-state index contributed by atoms with van der Waals surface area (Å²) in [7, 11) is 0. The van der Waals surface area contributed by atoms with E-state index in [1.165, 1.54) is 0 Å². The molecular weight excluding hydrogens is 340 g/mol. The number of piperazine rings is 1. The Morgan fingerprint density at radius 3 is 2.88 bits per heavy atom. The predicted octanol–water partition coefficient (Wildman–Crippen LogP) is 2.11. The first-order valence-corrected chi connectivity index (χ1v) is 9.05. The minimum absolute atomic E-state index is 0.0605. The van der Waals surface area contributed by atoms with Crippen molar-refractivity contribution in [2.24, 2.45) is 0 Å². The highest BCUT2D eigenvalue weighted by Crippen LogP contribution is 2.25. The zero-order valence-electron chi connectivity index (χ0n) is 13.9. The summed E-state index contributed by atoms with van der Waals surface area (Å²) in [4.78, 5) is 17.1. The maximum absolute atomic E-state index is 12.7. The lowest BCUT2D eigenvalue weighted by atomic mass is 10.1. The Kier molecular flexibility index (Phi) is 4.74. The normalized spacial score (nSPS) is 21.6. The number of hydrogen-bond acceptors (Lipinski definition) is 5. The molecule has 1 amide bonds. The average molecular weight is 361 g/mol. The van der Waals surface area contributed by atoms with Crippen LogP contribution in [0.4, 0.5) is 0 Å². The number of halogens is 1. The summed E-state index contributed by atoms with van der Waals surface area (Å²) < 4.78 is 5.35. The molecule has 2 fully saturated rings. The maximum atomic E-state index is 12.7. The van der Waals surface area contributed by atoms with Gasteiger partial charge in [0.05, 0.1) is 0 Å². The van der Waals surface area contributed by atoms with Crippen molar-refractivity contribution in [2.45, 2.75) is 12.5 Å². The standard InChI is InChI=1S/C18H21ClN4O2/c19-14-3-1-2-13(10-14)17-11-16(21-25-17)18(24)23-7-4-15(12-23)22-8-5-20-6-9-22/h1-3,10-11,15,20H,4-9,12H2. The van der Waals surface area contributed by atoms with Crippen molar-refractivity contribution in [1.82, 2.24) is 20.3 Å². The van der Waals surface area contributed by atoms with Crippen LogP contribution in [0.1, 0.15) is 16.9 Å². The van der Waals surface area contributed by atoms with Crippen LogP contribution in [0.15, 0.2) is 34.9 Å². The smallest absolute Gasteiger partial charge is 0.276 e.